The first-order valence-electron chi connectivity index (χ1n) is 1.54. The van der Waals surface area contributed by atoms with E-state index in [-0.39, 0.29) is 0 Å². The van der Waals surface area contributed by atoms with Gasteiger partial charge in [0.1, 0.15) is 0 Å². The highest BCUT2D eigenvalue weighted by Gasteiger charge is 2.05. The Morgan fingerprint density at radius 2 is 2.50 bits per heavy atom. The van der Waals surface area contributed by atoms with Gasteiger partial charge in [-0.25, -0.2) is 0 Å². The molecule has 6 heavy (non-hydrogen) atoms. The zero-order chi connectivity index (χ0) is 4.41. The second kappa shape index (κ2) is 1.41. The Labute approximate surface area is 40.8 Å². The van der Waals surface area contributed by atoms with Crippen LogP contribution in [-0.2, 0) is 0 Å². The Kier molecular flexibility index (Phi) is 0.900. The van der Waals surface area contributed by atoms with E-state index < -0.39 is 0 Å². The first-order valence-corrected chi connectivity index (χ1v) is 1.87. The molecule has 0 aromatic carbocycles. The number of hydrogen-bond acceptors (Lipinski definition) is 2. The Balaban J connectivity index is 2.60. The number of aliphatic imine (C=N–C) groups is 1. The van der Waals surface area contributed by atoms with Crippen LogP contribution in [-0.4, -0.2) is 6.34 Å². The van der Waals surface area contributed by atoms with E-state index in [9.17, 15) is 0 Å². The third-order valence-electron chi connectivity index (χ3n) is 0.472. The summed E-state index contributed by atoms with van der Waals surface area (Å²) in [5, 5.41) is 0. The molecule has 31 valence electrons. The molecule has 0 saturated carbocycles. The first kappa shape index (κ1) is 3.84. The molecular formula is C3H3ClN2+. The van der Waals surface area contributed by atoms with Crippen molar-refractivity contribution in [3.05, 3.63) is 12.4 Å². The van der Waals surface area contributed by atoms with Gasteiger partial charge >= 0.3 is 0 Å². The van der Waals surface area contributed by atoms with Gasteiger partial charge in [0.2, 0.25) is 11.8 Å². The van der Waals surface area contributed by atoms with Gasteiger partial charge in [-0.1, -0.05) is 0 Å². The molecule has 1 aliphatic rings. The Bertz CT molecular complexity index is 85.0. The van der Waals surface area contributed by atoms with Crippen LogP contribution < -0.4 is 4.42 Å². The van der Waals surface area contributed by atoms with Gasteiger partial charge in [-0.05, 0) is 0 Å². The maximum atomic E-state index is 5.31. The van der Waals surface area contributed by atoms with Crippen LogP contribution in [0, 0.1) is 0 Å². The van der Waals surface area contributed by atoms with Crippen LogP contribution in [0.5, 0.6) is 0 Å². The van der Waals surface area contributed by atoms with Crippen LogP contribution in [0.1, 0.15) is 0 Å². The van der Waals surface area contributed by atoms with Crippen molar-refractivity contribution in [2.24, 2.45) is 4.99 Å². The van der Waals surface area contributed by atoms with E-state index in [0.29, 0.717) is 0 Å². The zero-order valence-electron chi connectivity index (χ0n) is 3.00. The van der Waals surface area contributed by atoms with Crippen LogP contribution in [0.15, 0.2) is 17.4 Å². The van der Waals surface area contributed by atoms with Crippen molar-refractivity contribution in [3.63, 3.8) is 0 Å². The second-order valence-electron chi connectivity index (χ2n) is 0.907. The lowest BCUT2D eigenvalue weighted by atomic mass is 11.0. The molecule has 0 aromatic rings. The van der Waals surface area contributed by atoms with E-state index in [0.717, 1.165) is 0 Å². The quantitative estimate of drug-likeness (QED) is 0.403. The molecule has 1 radical (unpaired) electrons. The van der Waals surface area contributed by atoms with Crippen LogP contribution in [0.25, 0.3) is 0 Å². The normalized spacial score (nSPS) is 20.2. The summed E-state index contributed by atoms with van der Waals surface area (Å²) in [4.78, 5) is 3.65. The van der Waals surface area contributed by atoms with Crippen molar-refractivity contribution in [2.75, 3.05) is 0 Å². The standard InChI is InChI=1S/C3H3ClN2/c4-6-2-1-5-3-6/h1-3H/q+1. The lowest BCUT2D eigenvalue weighted by Gasteiger charge is -1.67. The average Bonchev–Trinajstić information content (AvgIpc) is 1.86. The Morgan fingerprint density at radius 3 is 2.67 bits per heavy atom. The summed E-state index contributed by atoms with van der Waals surface area (Å²) in [6.45, 7) is 0. The molecule has 0 amide bonds. The average molecular weight is 103 g/mol. The fraction of sp³-hybridized carbons (Fsp3) is 0. The molecule has 3 heteroatoms. The SMILES string of the molecule is Cl[N+]1C=CN=C1. The predicted molar refractivity (Wildman–Crippen MR) is 25.6 cm³/mol. The third-order valence-corrected chi connectivity index (χ3v) is 0.672. The minimum atomic E-state index is 1.36. The van der Waals surface area contributed by atoms with E-state index >= 15 is 0 Å². The van der Waals surface area contributed by atoms with Crippen LogP contribution >= 0.6 is 11.8 Å². The molecule has 1 aliphatic heterocycles. The number of rotatable bonds is 0. The van der Waals surface area contributed by atoms with E-state index in [4.69, 9.17) is 11.8 Å². The highest BCUT2D eigenvalue weighted by atomic mass is 35.5. The lowest BCUT2D eigenvalue weighted by molar-refractivity contribution is 1.18. The third kappa shape index (κ3) is 0.584. The van der Waals surface area contributed by atoms with Crippen molar-refractivity contribution in [3.8, 4) is 0 Å². The van der Waals surface area contributed by atoms with E-state index in [2.05, 4.69) is 4.99 Å². The van der Waals surface area contributed by atoms with Gasteiger partial charge in [0.15, 0.2) is 6.20 Å². The molecular weight excluding hydrogens is 99.5 g/mol. The molecule has 2 nitrogen and oxygen atoms in total. The van der Waals surface area contributed by atoms with E-state index in [1.54, 1.807) is 12.4 Å². The van der Waals surface area contributed by atoms with Gasteiger partial charge < -0.3 is 0 Å². The van der Waals surface area contributed by atoms with Crippen LogP contribution in [0.4, 0.5) is 0 Å². The van der Waals surface area contributed by atoms with Crippen molar-refractivity contribution >= 4 is 18.1 Å². The highest BCUT2D eigenvalue weighted by molar-refractivity contribution is 6.22. The summed E-state index contributed by atoms with van der Waals surface area (Å²) in [7, 11) is 0. The van der Waals surface area contributed by atoms with Gasteiger partial charge in [-0.3, -0.25) is 0 Å². The summed E-state index contributed by atoms with van der Waals surface area (Å²) < 4.78 is 1.36. The largest absolute Gasteiger partial charge is 0.265 e. The monoisotopic (exact) mass is 102 g/mol. The summed E-state index contributed by atoms with van der Waals surface area (Å²) in [6.07, 6.45) is 4.79. The minimum absolute atomic E-state index is 1.36. The molecule has 0 fully saturated rings. The number of halogens is 1. The fourth-order valence-corrected chi connectivity index (χ4v) is 0.344. The van der Waals surface area contributed by atoms with Crippen LogP contribution in [0.3, 0.4) is 0 Å². The molecule has 0 N–H and O–H groups in total. The maximum absolute atomic E-state index is 5.31. The zero-order valence-corrected chi connectivity index (χ0v) is 3.76. The van der Waals surface area contributed by atoms with Gasteiger partial charge in [-0.2, -0.15) is 4.99 Å². The molecule has 0 spiro atoms. The summed E-state index contributed by atoms with van der Waals surface area (Å²) in [5.41, 5.74) is 0. The van der Waals surface area contributed by atoms with Crippen molar-refractivity contribution in [2.45, 2.75) is 0 Å². The van der Waals surface area contributed by atoms with E-state index in [1.807, 2.05) is 0 Å². The molecule has 0 atom stereocenters. The number of hydrogen-bond donors (Lipinski definition) is 0. The van der Waals surface area contributed by atoms with E-state index in [1.165, 1.54) is 10.8 Å². The van der Waals surface area contributed by atoms with Crippen LogP contribution in [0.2, 0.25) is 0 Å². The maximum Gasteiger partial charge on any atom is 0.265 e. The molecule has 0 aromatic heterocycles. The van der Waals surface area contributed by atoms with Crippen molar-refractivity contribution < 1.29 is 0 Å². The highest BCUT2D eigenvalue weighted by Crippen LogP contribution is 1.91. The molecule has 0 unspecified atom stereocenters. The second-order valence-corrected chi connectivity index (χ2v) is 1.30. The lowest BCUT2D eigenvalue weighted by Crippen LogP contribution is -2.00. The molecule has 0 saturated heterocycles. The van der Waals surface area contributed by atoms with Crippen molar-refractivity contribution in [1.82, 2.24) is 4.42 Å². The number of nitrogens with zero attached hydrogens (tertiary/aromatic N) is 2. The molecule has 0 aliphatic carbocycles. The summed E-state index contributed by atoms with van der Waals surface area (Å²) in [5.74, 6) is 0. The van der Waals surface area contributed by atoms with Gasteiger partial charge in [0.05, 0.1) is 6.20 Å². The van der Waals surface area contributed by atoms with Gasteiger partial charge in [0, 0.05) is 4.42 Å². The smallest absolute Gasteiger partial charge is 0.200 e. The van der Waals surface area contributed by atoms with Gasteiger partial charge in [-0.15, -0.1) is 0 Å². The molecule has 0 bridgehead atoms. The minimum Gasteiger partial charge on any atom is -0.200 e. The van der Waals surface area contributed by atoms with Gasteiger partial charge in [0.25, 0.3) is 6.34 Å². The molecule has 1 heterocycles. The summed E-state index contributed by atoms with van der Waals surface area (Å²) in [6, 6.07) is 0. The first-order chi connectivity index (χ1) is 2.89. The fourth-order valence-electron chi connectivity index (χ4n) is 0.243. The summed E-state index contributed by atoms with van der Waals surface area (Å²) >= 11 is 5.31. The Morgan fingerprint density at radius 1 is 1.67 bits per heavy atom. The van der Waals surface area contributed by atoms with Crippen molar-refractivity contribution in [1.29, 1.82) is 0 Å². The molecule has 1 rings (SSSR count). The Hall–Kier alpha value is -0.340. The topological polar surface area (TPSA) is 18.3 Å². The predicted octanol–water partition coefficient (Wildman–Crippen LogP) is 0.793.